The molecule has 0 atom stereocenters. The van der Waals surface area contributed by atoms with Crippen LogP contribution in [-0.2, 0) is 16.6 Å². The molecule has 0 aliphatic heterocycles. The number of hydrogen-bond acceptors (Lipinski definition) is 10. The van der Waals surface area contributed by atoms with Gasteiger partial charge in [-0.2, -0.15) is 8.78 Å². The zero-order chi connectivity index (χ0) is 24.0. The summed E-state index contributed by atoms with van der Waals surface area (Å²) in [5, 5.41) is 24.8. The summed E-state index contributed by atoms with van der Waals surface area (Å²) in [6.45, 7) is -3.68. The molecule has 0 aliphatic carbocycles. The molecule has 172 valence electrons. The maximum absolute atomic E-state index is 12.6. The number of rotatable bonds is 9. The third-order valence-electron chi connectivity index (χ3n) is 3.87. The van der Waals surface area contributed by atoms with Gasteiger partial charge in [0.15, 0.2) is 6.61 Å². The quantitative estimate of drug-likeness (QED) is 0.275. The summed E-state index contributed by atoms with van der Waals surface area (Å²) in [6.07, 6.45) is 0. The second-order valence-corrected chi connectivity index (χ2v) is 7.16. The van der Waals surface area contributed by atoms with Gasteiger partial charge >= 0.3 is 12.6 Å². The zero-order valence-corrected chi connectivity index (χ0v) is 17.5. The zero-order valence-electron chi connectivity index (χ0n) is 16.7. The molecule has 2 aromatic carbocycles. The Balaban J connectivity index is 1.67. The van der Waals surface area contributed by atoms with Crippen molar-refractivity contribution in [3.63, 3.8) is 0 Å². The predicted octanol–water partition coefficient (Wildman–Crippen LogP) is 2.67. The predicted molar refractivity (Wildman–Crippen MR) is 108 cm³/mol. The number of aromatic nitrogens is 4. The highest BCUT2D eigenvalue weighted by atomic mass is 32.2. The van der Waals surface area contributed by atoms with Gasteiger partial charge in [-0.05, 0) is 52.5 Å². The van der Waals surface area contributed by atoms with E-state index in [0.29, 0.717) is 5.16 Å². The number of carbonyl (C=O) groups excluding carboxylic acids is 2. The Hall–Kier alpha value is -4.14. The van der Waals surface area contributed by atoms with E-state index >= 15 is 0 Å². The van der Waals surface area contributed by atoms with Crippen LogP contribution in [-0.4, -0.2) is 50.2 Å². The Bertz CT molecular complexity index is 1170. The van der Waals surface area contributed by atoms with Crippen LogP contribution in [0, 0.1) is 10.1 Å². The number of nitro groups is 1. The number of aryl methyl sites for hydroxylation is 1. The average Bonchev–Trinajstić information content (AvgIpc) is 3.17. The minimum atomic E-state index is -2.98. The van der Waals surface area contributed by atoms with Crippen molar-refractivity contribution >= 4 is 35.0 Å². The molecule has 0 saturated heterocycles. The summed E-state index contributed by atoms with van der Waals surface area (Å²) in [5.41, 5.74) is -0.254. The van der Waals surface area contributed by atoms with Gasteiger partial charge in [-0.25, -0.2) is 9.48 Å². The maximum atomic E-state index is 12.6. The van der Waals surface area contributed by atoms with Crippen molar-refractivity contribution in [1.82, 2.24) is 20.2 Å². The van der Waals surface area contributed by atoms with Gasteiger partial charge < -0.3 is 14.8 Å². The molecule has 0 fully saturated rings. The number of alkyl halides is 2. The summed E-state index contributed by atoms with van der Waals surface area (Å²) in [6, 6.07) is 8.66. The highest BCUT2D eigenvalue weighted by Gasteiger charge is 2.21. The largest absolute Gasteiger partial charge is 0.452 e. The van der Waals surface area contributed by atoms with Crippen molar-refractivity contribution < 1.29 is 32.8 Å². The number of tetrazole rings is 1. The fraction of sp³-hybridized carbons (Fsp3) is 0.167. The van der Waals surface area contributed by atoms with Crippen LogP contribution >= 0.6 is 11.8 Å². The molecule has 12 nitrogen and oxygen atoms in total. The molecule has 0 saturated carbocycles. The Morgan fingerprint density at radius 3 is 2.58 bits per heavy atom. The Labute approximate surface area is 188 Å². The molecule has 1 aromatic heterocycles. The number of nitrogens with one attached hydrogen (secondary N) is 1. The van der Waals surface area contributed by atoms with Gasteiger partial charge in [0.25, 0.3) is 11.6 Å². The van der Waals surface area contributed by atoms with Crippen molar-refractivity contribution in [2.24, 2.45) is 7.05 Å². The van der Waals surface area contributed by atoms with E-state index in [1.54, 1.807) is 7.05 Å². The van der Waals surface area contributed by atoms with Gasteiger partial charge in [0.2, 0.25) is 5.16 Å². The number of halogens is 2. The SMILES string of the molecule is Cn1nnnc1Sc1ccc([N+](=O)[O-])cc1C(=O)OCC(=O)Nc1ccc(OC(F)F)cc1. The van der Waals surface area contributed by atoms with Crippen LogP contribution < -0.4 is 10.1 Å². The lowest BCUT2D eigenvalue weighted by atomic mass is 10.2. The highest BCUT2D eigenvalue weighted by Crippen LogP contribution is 2.31. The van der Waals surface area contributed by atoms with Crippen molar-refractivity contribution in [3.8, 4) is 5.75 Å². The summed E-state index contributed by atoms with van der Waals surface area (Å²) in [5.74, 6) is -1.79. The van der Waals surface area contributed by atoms with Gasteiger partial charge in [0.05, 0.1) is 10.5 Å². The fourth-order valence-electron chi connectivity index (χ4n) is 2.41. The van der Waals surface area contributed by atoms with Crippen LogP contribution in [0.15, 0.2) is 52.5 Å². The first kappa shape index (κ1) is 23.5. The van der Waals surface area contributed by atoms with Gasteiger partial charge in [0, 0.05) is 29.8 Å². The number of esters is 1. The smallest absolute Gasteiger partial charge is 0.387 e. The maximum Gasteiger partial charge on any atom is 0.387 e. The van der Waals surface area contributed by atoms with Crippen LogP contribution in [0.3, 0.4) is 0 Å². The minimum absolute atomic E-state index is 0.0942. The first-order valence-electron chi connectivity index (χ1n) is 8.93. The van der Waals surface area contributed by atoms with Gasteiger partial charge in [-0.3, -0.25) is 14.9 Å². The molecule has 33 heavy (non-hydrogen) atoms. The molecule has 3 rings (SSSR count). The lowest BCUT2D eigenvalue weighted by Crippen LogP contribution is -2.21. The van der Waals surface area contributed by atoms with E-state index in [0.717, 1.165) is 17.8 Å². The second-order valence-electron chi connectivity index (χ2n) is 6.15. The minimum Gasteiger partial charge on any atom is -0.452 e. The summed E-state index contributed by atoms with van der Waals surface area (Å²) in [7, 11) is 1.57. The molecule has 1 heterocycles. The molecule has 0 spiro atoms. The summed E-state index contributed by atoms with van der Waals surface area (Å²) in [4.78, 5) is 35.4. The normalized spacial score (nSPS) is 10.7. The number of nitrogens with zero attached hydrogens (tertiary/aromatic N) is 5. The number of ether oxygens (including phenoxy) is 2. The molecule has 1 N–H and O–H groups in total. The van der Waals surface area contributed by atoms with E-state index in [4.69, 9.17) is 4.74 Å². The monoisotopic (exact) mass is 480 g/mol. The number of hydrogen-bond donors (Lipinski definition) is 1. The lowest BCUT2D eigenvalue weighted by molar-refractivity contribution is -0.384. The molecular weight excluding hydrogens is 466 g/mol. The highest BCUT2D eigenvalue weighted by molar-refractivity contribution is 7.99. The average molecular weight is 480 g/mol. The van der Waals surface area contributed by atoms with E-state index in [1.165, 1.54) is 41.1 Å². The number of carbonyl (C=O) groups is 2. The fourth-order valence-corrected chi connectivity index (χ4v) is 3.24. The second kappa shape index (κ2) is 10.4. The van der Waals surface area contributed by atoms with Crippen LogP contribution in [0.5, 0.6) is 5.75 Å². The summed E-state index contributed by atoms with van der Waals surface area (Å²) < 4.78 is 34.9. The Kier molecular flexibility index (Phi) is 7.45. The van der Waals surface area contributed by atoms with E-state index < -0.39 is 30.0 Å². The lowest BCUT2D eigenvalue weighted by Gasteiger charge is -2.10. The molecule has 0 radical (unpaired) electrons. The van der Waals surface area contributed by atoms with Crippen molar-refractivity contribution in [2.45, 2.75) is 16.7 Å². The third kappa shape index (κ3) is 6.42. The topological polar surface area (TPSA) is 151 Å². The molecule has 0 unspecified atom stereocenters. The molecule has 15 heteroatoms. The van der Waals surface area contributed by atoms with Crippen molar-refractivity contribution in [2.75, 3.05) is 11.9 Å². The van der Waals surface area contributed by atoms with Crippen LogP contribution in [0.1, 0.15) is 10.4 Å². The number of amides is 1. The van der Waals surface area contributed by atoms with Crippen LogP contribution in [0.2, 0.25) is 0 Å². The van der Waals surface area contributed by atoms with Gasteiger partial charge in [-0.15, -0.1) is 5.10 Å². The number of benzene rings is 2. The van der Waals surface area contributed by atoms with Crippen molar-refractivity contribution in [1.29, 1.82) is 0 Å². The van der Waals surface area contributed by atoms with E-state index in [2.05, 4.69) is 25.6 Å². The number of non-ortho nitro benzene ring substituents is 1. The van der Waals surface area contributed by atoms with E-state index in [9.17, 15) is 28.5 Å². The Morgan fingerprint density at radius 1 is 1.24 bits per heavy atom. The Morgan fingerprint density at radius 2 is 1.97 bits per heavy atom. The number of nitro benzene ring substituents is 1. The number of anilines is 1. The standard InChI is InChI=1S/C18H14F2N6O6S/c1-25-18(22-23-24-25)33-14-7-4-11(26(29)30)8-13(14)16(28)31-9-15(27)21-10-2-5-12(6-3-10)32-17(19)20/h2-8,17H,9H2,1H3,(H,21,27). The molecule has 0 aliphatic rings. The summed E-state index contributed by atoms with van der Waals surface area (Å²) >= 11 is 0.976. The first-order valence-corrected chi connectivity index (χ1v) is 9.75. The molecular formula is C18H14F2N6O6S. The molecule has 3 aromatic rings. The third-order valence-corrected chi connectivity index (χ3v) is 4.98. The van der Waals surface area contributed by atoms with Gasteiger partial charge in [0.1, 0.15) is 5.75 Å². The van der Waals surface area contributed by atoms with E-state index in [1.807, 2.05) is 0 Å². The van der Waals surface area contributed by atoms with Crippen LogP contribution in [0.4, 0.5) is 20.2 Å². The van der Waals surface area contributed by atoms with Gasteiger partial charge in [-0.1, -0.05) is 0 Å². The van der Waals surface area contributed by atoms with E-state index in [-0.39, 0.29) is 27.6 Å². The first-order chi connectivity index (χ1) is 15.7. The van der Waals surface area contributed by atoms with Crippen LogP contribution in [0.25, 0.3) is 0 Å². The van der Waals surface area contributed by atoms with Crippen molar-refractivity contribution in [3.05, 3.63) is 58.1 Å². The molecule has 1 amide bonds. The molecule has 0 bridgehead atoms.